The third kappa shape index (κ3) is 2.02. The van der Waals surface area contributed by atoms with Crippen LogP contribution in [0.1, 0.15) is 19.4 Å². The van der Waals surface area contributed by atoms with Crippen LogP contribution in [0.2, 0.25) is 10.0 Å². The summed E-state index contributed by atoms with van der Waals surface area (Å²) in [5, 5.41) is 1.38. The molecule has 0 unspecified atom stereocenters. The monoisotopic (exact) mass is 200 g/mol. The lowest BCUT2D eigenvalue weighted by Gasteiger charge is -2.03. The Labute approximate surface area is 82.8 Å². The maximum atomic E-state index is 5.98. The van der Waals surface area contributed by atoms with E-state index in [9.17, 15) is 0 Å². The molecule has 0 amide bonds. The van der Waals surface area contributed by atoms with Crippen LogP contribution in [0.5, 0.6) is 0 Å². The largest absolute Gasteiger partial charge is 0.0843 e. The molecule has 0 spiro atoms. The summed E-state index contributed by atoms with van der Waals surface area (Å²) in [6.45, 7) is 4.01. The molecule has 1 aromatic rings. The highest BCUT2D eigenvalue weighted by Crippen LogP contribution is 2.26. The van der Waals surface area contributed by atoms with Crippen molar-refractivity contribution in [2.45, 2.75) is 13.8 Å². The maximum Gasteiger partial charge on any atom is 0.0495 e. The zero-order valence-corrected chi connectivity index (χ0v) is 8.58. The molecule has 0 N–H and O–H groups in total. The minimum atomic E-state index is 0.674. The van der Waals surface area contributed by atoms with Crippen LogP contribution in [0.3, 0.4) is 0 Å². The molecule has 0 aliphatic carbocycles. The van der Waals surface area contributed by atoms with Gasteiger partial charge in [-0.3, -0.25) is 0 Å². The molecule has 12 heavy (non-hydrogen) atoms. The number of hydrogen-bond acceptors (Lipinski definition) is 0. The van der Waals surface area contributed by atoms with Gasteiger partial charge in [0.1, 0.15) is 0 Å². The molecular formula is C10H10Cl2. The fraction of sp³-hybridized carbons (Fsp3) is 0.200. The van der Waals surface area contributed by atoms with Gasteiger partial charge in [-0.2, -0.15) is 0 Å². The molecule has 0 nitrogen and oxygen atoms in total. The van der Waals surface area contributed by atoms with E-state index in [4.69, 9.17) is 23.2 Å². The summed E-state index contributed by atoms with van der Waals surface area (Å²) in [6.07, 6.45) is 2.02. The van der Waals surface area contributed by atoms with Crippen molar-refractivity contribution < 1.29 is 0 Å². The summed E-state index contributed by atoms with van der Waals surface area (Å²) in [7, 11) is 0. The van der Waals surface area contributed by atoms with Gasteiger partial charge in [-0.05, 0) is 37.1 Å². The van der Waals surface area contributed by atoms with Crippen molar-refractivity contribution in [3.05, 3.63) is 39.9 Å². The van der Waals surface area contributed by atoms with Gasteiger partial charge in [-0.25, -0.2) is 0 Å². The molecule has 64 valence electrons. The van der Waals surface area contributed by atoms with E-state index in [-0.39, 0.29) is 0 Å². The molecule has 0 radical (unpaired) electrons. The minimum absolute atomic E-state index is 0.674. The highest BCUT2D eigenvalue weighted by Gasteiger charge is 2.01. The van der Waals surface area contributed by atoms with Gasteiger partial charge < -0.3 is 0 Å². The van der Waals surface area contributed by atoms with E-state index in [1.54, 1.807) is 6.07 Å². The summed E-state index contributed by atoms with van der Waals surface area (Å²) < 4.78 is 0. The predicted molar refractivity (Wildman–Crippen MR) is 55.8 cm³/mol. The van der Waals surface area contributed by atoms with Crippen LogP contribution in [0.4, 0.5) is 0 Å². The third-order valence-corrected chi connectivity index (χ3v) is 2.34. The summed E-state index contributed by atoms with van der Waals surface area (Å²) in [5.74, 6) is 0. The Kier molecular flexibility index (Phi) is 3.19. The Balaban J connectivity index is 3.18. The van der Waals surface area contributed by atoms with E-state index in [1.165, 1.54) is 0 Å². The average Bonchev–Trinajstić information content (AvgIpc) is 2.03. The summed E-state index contributed by atoms with van der Waals surface area (Å²) in [5.41, 5.74) is 2.21. The van der Waals surface area contributed by atoms with Crippen LogP contribution in [0, 0.1) is 0 Å². The summed E-state index contributed by atoms with van der Waals surface area (Å²) in [6, 6.07) is 5.53. The molecule has 0 bridgehead atoms. The molecule has 0 saturated heterocycles. The molecule has 1 aromatic carbocycles. The van der Waals surface area contributed by atoms with Crippen molar-refractivity contribution >= 4 is 28.8 Å². The molecule has 0 atom stereocenters. The van der Waals surface area contributed by atoms with Gasteiger partial charge in [-0.1, -0.05) is 35.3 Å². The first-order chi connectivity index (χ1) is 5.65. The Morgan fingerprint density at radius 3 is 2.50 bits per heavy atom. The van der Waals surface area contributed by atoms with Crippen LogP contribution in [-0.2, 0) is 0 Å². The van der Waals surface area contributed by atoms with Crippen molar-refractivity contribution in [1.82, 2.24) is 0 Å². The van der Waals surface area contributed by atoms with Crippen LogP contribution in [0.25, 0.3) is 5.57 Å². The molecule has 0 fully saturated rings. The molecule has 0 saturated carbocycles. The fourth-order valence-electron chi connectivity index (χ4n) is 0.965. The SMILES string of the molecule is CC=C(C)c1ccc(Cl)cc1Cl. The van der Waals surface area contributed by atoms with Crippen LogP contribution < -0.4 is 0 Å². The summed E-state index contributed by atoms with van der Waals surface area (Å²) in [4.78, 5) is 0. The van der Waals surface area contributed by atoms with Crippen LogP contribution in [0.15, 0.2) is 24.3 Å². The number of rotatable bonds is 1. The Morgan fingerprint density at radius 1 is 1.33 bits per heavy atom. The second-order valence-electron chi connectivity index (χ2n) is 2.60. The topological polar surface area (TPSA) is 0 Å². The highest BCUT2D eigenvalue weighted by atomic mass is 35.5. The number of hydrogen-bond donors (Lipinski definition) is 0. The molecule has 0 aromatic heterocycles. The maximum absolute atomic E-state index is 5.98. The lowest BCUT2D eigenvalue weighted by molar-refractivity contribution is 1.54. The quantitative estimate of drug-likeness (QED) is 0.630. The summed E-state index contributed by atoms with van der Waals surface area (Å²) >= 11 is 11.7. The van der Waals surface area contributed by atoms with E-state index in [0.717, 1.165) is 11.1 Å². The first-order valence-corrected chi connectivity index (χ1v) is 4.49. The average molecular weight is 201 g/mol. The van der Waals surface area contributed by atoms with Crippen molar-refractivity contribution in [2.75, 3.05) is 0 Å². The molecular weight excluding hydrogens is 191 g/mol. The third-order valence-electron chi connectivity index (χ3n) is 1.79. The van der Waals surface area contributed by atoms with Crippen LogP contribution in [-0.4, -0.2) is 0 Å². The number of benzene rings is 1. The minimum Gasteiger partial charge on any atom is -0.0843 e. The van der Waals surface area contributed by atoms with E-state index < -0.39 is 0 Å². The second kappa shape index (κ2) is 3.97. The molecule has 2 heteroatoms. The first-order valence-electron chi connectivity index (χ1n) is 3.73. The molecule has 0 aliphatic heterocycles. The predicted octanol–water partition coefficient (Wildman–Crippen LogP) is 4.42. The van der Waals surface area contributed by atoms with Crippen molar-refractivity contribution in [1.29, 1.82) is 0 Å². The Morgan fingerprint density at radius 2 is 2.00 bits per heavy atom. The van der Waals surface area contributed by atoms with Gasteiger partial charge >= 0.3 is 0 Å². The second-order valence-corrected chi connectivity index (χ2v) is 3.44. The smallest absolute Gasteiger partial charge is 0.0495 e. The zero-order chi connectivity index (χ0) is 9.14. The first kappa shape index (κ1) is 9.63. The van der Waals surface area contributed by atoms with E-state index >= 15 is 0 Å². The lowest BCUT2D eigenvalue weighted by Crippen LogP contribution is -1.80. The van der Waals surface area contributed by atoms with Gasteiger partial charge in [0.2, 0.25) is 0 Å². The number of halogens is 2. The Hall–Kier alpha value is -0.460. The van der Waals surface area contributed by atoms with Crippen molar-refractivity contribution in [2.24, 2.45) is 0 Å². The van der Waals surface area contributed by atoms with Gasteiger partial charge in [0.05, 0.1) is 0 Å². The lowest BCUT2D eigenvalue weighted by atomic mass is 10.1. The standard InChI is InChI=1S/C10H10Cl2/c1-3-7(2)9-5-4-8(11)6-10(9)12/h3-6H,1-2H3. The van der Waals surface area contributed by atoms with E-state index in [1.807, 2.05) is 32.1 Å². The number of allylic oxidation sites excluding steroid dienone is 2. The van der Waals surface area contributed by atoms with Crippen molar-refractivity contribution in [3.63, 3.8) is 0 Å². The van der Waals surface area contributed by atoms with Gasteiger partial charge in [0.25, 0.3) is 0 Å². The molecule has 0 aliphatic rings. The highest BCUT2D eigenvalue weighted by molar-refractivity contribution is 6.35. The van der Waals surface area contributed by atoms with Crippen molar-refractivity contribution in [3.8, 4) is 0 Å². The zero-order valence-electron chi connectivity index (χ0n) is 7.07. The normalized spacial score (nSPS) is 11.8. The fourth-order valence-corrected chi connectivity index (χ4v) is 1.52. The molecule has 1 rings (SSSR count). The van der Waals surface area contributed by atoms with Gasteiger partial charge in [0.15, 0.2) is 0 Å². The van der Waals surface area contributed by atoms with Gasteiger partial charge in [-0.15, -0.1) is 0 Å². The van der Waals surface area contributed by atoms with Crippen LogP contribution >= 0.6 is 23.2 Å². The van der Waals surface area contributed by atoms with E-state index in [0.29, 0.717) is 10.0 Å². The van der Waals surface area contributed by atoms with E-state index in [2.05, 4.69) is 0 Å². The molecule has 0 heterocycles. The van der Waals surface area contributed by atoms with Gasteiger partial charge in [0, 0.05) is 10.0 Å². The Bertz CT molecular complexity index is 314.